The van der Waals surface area contributed by atoms with Crippen LogP contribution in [0.25, 0.3) is 0 Å². The van der Waals surface area contributed by atoms with Crippen molar-refractivity contribution in [3.63, 3.8) is 0 Å². The molecule has 1 aliphatic rings. The van der Waals surface area contributed by atoms with Crippen molar-refractivity contribution >= 4 is 0 Å². The lowest BCUT2D eigenvalue weighted by Crippen LogP contribution is -2.46. The average molecular weight is 287 g/mol. The van der Waals surface area contributed by atoms with E-state index < -0.39 is 23.3 Å². The Hall–Kier alpha value is -1.08. The molecule has 1 aliphatic heterocycles. The number of rotatable bonds is 5. The number of hydrogen-bond acceptors (Lipinski definition) is 4. The molecule has 1 saturated heterocycles. The van der Waals surface area contributed by atoms with E-state index in [-0.39, 0.29) is 24.8 Å². The second-order valence-electron chi connectivity index (χ2n) is 5.15. The zero-order chi connectivity index (χ0) is 14.8. The summed E-state index contributed by atoms with van der Waals surface area (Å²) in [6, 6.07) is 3.44. The van der Waals surface area contributed by atoms with E-state index in [4.69, 9.17) is 4.74 Å². The van der Waals surface area contributed by atoms with E-state index in [2.05, 4.69) is 5.32 Å². The van der Waals surface area contributed by atoms with Gasteiger partial charge in [-0.25, -0.2) is 8.78 Å². The Bertz CT molecular complexity index is 451. The second-order valence-corrected chi connectivity index (χ2v) is 5.15. The highest BCUT2D eigenvalue weighted by atomic mass is 19.1. The van der Waals surface area contributed by atoms with E-state index in [0.717, 1.165) is 12.1 Å². The number of ether oxygens (including phenoxy) is 1. The maximum Gasteiger partial charge on any atom is 0.131 e. The smallest absolute Gasteiger partial charge is 0.131 e. The number of aliphatic hydroxyl groups is 2. The number of hydrogen-bond donors (Lipinski definition) is 3. The third-order valence-electron chi connectivity index (χ3n) is 3.76. The molecule has 3 N–H and O–H groups in total. The van der Waals surface area contributed by atoms with E-state index in [0.29, 0.717) is 13.0 Å². The predicted molar refractivity (Wildman–Crippen MR) is 69.2 cm³/mol. The maximum absolute atomic E-state index is 13.5. The standard InChI is InChI=1S/C14H19F2NO3/c1-9-14(19,5-6-20-9)8-17-7-12(18)13-10(15)3-2-4-11(13)16/h2-4,9,12,17-19H,5-8H2,1H3. The van der Waals surface area contributed by atoms with Crippen LogP contribution in [0.4, 0.5) is 8.78 Å². The minimum Gasteiger partial charge on any atom is -0.387 e. The van der Waals surface area contributed by atoms with E-state index in [1.807, 2.05) is 0 Å². The van der Waals surface area contributed by atoms with Gasteiger partial charge in [-0.3, -0.25) is 0 Å². The van der Waals surface area contributed by atoms with E-state index >= 15 is 0 Å². The average Bonchev–Trinajstić information content (AvgIpc) is 2.69. The van der Waals surface area contributed by atoms with E-state index in [9.17, 15) is 19.0 Å². The van der Waals surface area contributed by atoms with Crippen molar-refractivity contribution in [3.8, 4) is 0 Å². The molecule has 0 bridgehead atoms. The van der Waals surface area contributed by atoms with Crippen molar-refractivity contribution in [2.24, 2.45) is 0 Å². The van der Waals surface area contributed by atoms with Gasteiger partial charge in [0.25, 0.3) is 0 Å². The van der Waals surface area contributed by atoms with Gasteiger partial charge in [-0.1, -0.05) is 6.07 Å². The summed E-state index contributed by atoms with van der Waals surface area (Å²) in [5, 5.41) is 22.9. The molecule has 1 aromatic rings. The molecule has 1 fully saturated rings. The van der Waals surface area contributed by atoms with Gasteiger partial charge in [-0.05, 0) is 19.1 Å². The monoisotopic (exact) mass is 287 g/mol. The molecule has 0 saturated carbocycles. The molecule has 6 heteroatoms. The molecule has 3 atom stereocenters. The van der Waals surface area contributed by atoms with Gasteiger partial charge in [0.1, 0.15) is 17.2 Å². The van der Waals surface area contributed by atoms with Gasteiger partial charge in [0.2, 0.25) is 0 Å². The summed E-state index contributed by atoms with van der Waals surface area (Å²) in [6.07, 6.45) is -1.12. The van der Waals surface area contributed by atoms with E-state index in [1.165, 1.54) is 6.07 Å². The third-order valence-corrected chi connectivity index (χ3v) is 3.76. The van der Waals surface area contributed by atoms with Crippen molar-refractivity contribution in [1.82, 2.24) is 5.32 Å². The van der Waals surface area contributed by atoms with Gasteiger partial charge >= 0.3 is 0 Å². The zero-order valence-corrected chi connectivity index (χ0v) is 11.3. The van der Waals surface area contributed by atoms with Crippen molar-refractivity contribution in [1.29, 1.82) is 0 Å². The molecule has 4 nitrogen and oxygen atoms in total. The molecule has 20 heavy (non-hydrogen) atoms. The molecular formula is C14H19F2NO3. The van der Waals surface area contributed by atoms with Gasteiger partial charge in [0, 0.05) is 26.1 Å². The van der Waals surface area contributed by atoms with Crippen molar-refractivity contribution in [2.45, 2.75) is 31.2 Å². The summed E-state index contributed by atoms with van der Waals surface area (Å²) in [5.74, 6) is -1.56. The van der Waals surface area contributed by atoms with Crippen LogP contribution in [0.2, 0.25) is 0 Å². The lowest BCUT2D eigenvalue weighted by atomic mass is 9.96. The molecule has 0 spiro atoms. The summed E-state index contributed by atoms with van der Waals surface area (Å²) in [4.78, 5) is 0. The number of aliphatic hydroxyl groups excluding tert-OH is 1. The summed E-state index contributed by atoms with van der Waals surface area (Å²) < 4.78 is 32.2. The Morgan fingerprint density at radius 2 is 2.10 bits per heavy atom. The molecule has 0 aromatic heterocycles. The van der Waals surface area contributed by atoms with Gasteiger partial charge in [-0.15, -0.1) is 0 Å². The zero-order valence-electron chi connectivity index (χ0n) is 11.3. The highest BCUT2D eigenvalue weighted by molar-refractivity contribution is 5.22. The van der Waals surface area contributed by atoms with Crippen LogP contribution in [-0.4, -0.2) is 41.6 Å². The lowest BCUT2D eigenvalue weighted by Gasteiger charge is -2.27. The quantitative estimate of drug-likeness (QED) is 0.760. The number of nitrogens with one attached hydrogen (secondary N) is 1. The van der Waals surface area contributed by atoms with Gasteiger partial charge < -0.3 is 20.3 Å². The molecule has 1 aromatic carbocycles. The molecule has 112 valence electrons. The van der Waals surface area contributed by atoms with Crippen LogP contribution >= 0.6 is 0 Å². The molecular weight excluding hydrogens is 268 g/mol. The van der Waals surface area contributed by atoms with Crippen LogP contribution in [-0.2, 0) is 4.74 Å². The minimum absolute atomic E-state index is 0.0487. The van der Waals surface area contributed by atoms with Gasteiger partial charge in [-0.2, -0.15) is 0 Å². The first-order valence-electron chi connectivity index (χ1n) is 6.61. The normalized spacial score (nSPS) is 27.8. The fraction of sp³-hybridized carbons (Fsp3) is 0.571. The molecule has 1 heterocycles. The van der Waals surface area contributed by atoms with Crippen LogP contribution in [0, 0.1) is 11.6 Å². The van der Waals surface area contributed by atoms with Crippen LogP contribution in [0.5, 0.6) is 0 Å². The summed E-state index contributed by atoms with van der Waals surface area (Å²) in [6.45, 7) is 2.39. The Morgan fingerprint density at radius 3 is 2.65 bits per heavy atom. The van der Waals surface area contributed by atoms with Crippen LogP contribution in [0.1, 0.15) is 25.0 Å². The van der Waals surface area contributed by atoms with Crippen molar-refractivity contribution in [2.75, 3.05) is 19.7 Å². The highest BCUT2D eigenvalue weighted by Gasteiger charge is 2.39. The Labute approximate surface area is 116 Å². The van der Waals surface area contributed by atoms with Crippen LogP contribution < -0.4 is 5.32 Å². The fourth-order valence-electron chi connectivity index (χ4n) is 2.36. The SMILES string of the molecule is CC1OCCC1(O)CNCC(O)c1c(F)cccc1F. The van der Waals surface area contributed by atoms with Gasteiger partial charge in [0.05, 0.1) is 17.8 Å². The minimum atomic E-state index is -1.31. The van der Waals surface area contributed by atoms with Gasteiger partial charge in [0.15, 0.2) is 0 Å². The first kappa shape index (κ1) is 15.3. The molecule has 2 rings (SSSR count). The third kappa shape index (κ3) is 3.15. The van der Waals surface area contributed by atoms with Crippen LogP contribution in [0.15, 0.2) is 18.2 Å². The summed E-state index contributed by atoms with van der Waals surface area (Å²) in [7, 11) is 0. The summed E-state index contributed by atoms with van der Waals surface area (Å²) in [5.41, 5.74) is -1.37. The fourth-order valence-corrected chi connectivity index (χ4v) is 2.36. The Kier molecular flexibility index (Phi) is 4.70. The molecule has 3 unspecified atom stereocenters. The van der Waals surface area contributed by atoms with Crippen molar-refractivity contribution in [3.05, 3.63) is 35.4 Å². The summed E-state index contributed by atoms with van der Waals surface area (Å²) >= 11 is 0. The highest BCUT2D eigenvalue weighted by Crippen LogP contribution is 2.25. The van der Waals surface area contributed by atoms with Crippen LogP contribution in [0.3, 0.4) is 0 Å². The molecule has 0 radical (unpaired) electrons. The largest absolute Gasteiger partial charge is 0.387 e. The molecule has 0 amide bonds. The molecule has 0 aliphatic carbocycles. The number of halogens is 2. The first-order chi connectivity index (χ1) is 9.44. The Balaban J connectivity index is 1.91. The lowest BCUT2D eigenvalue weighted by molar-refractivity contribution is -0.0275. The maximum atomic E-state index is 13.5. The second kappa shape index (κ2) is 6.13. The predicted octanol–water partition coefficient (Wildman–Crippen LogP) is 1.13. The first-order valence-corrected chi connectivity index (χ1v) is 6.61. The van der Waals surface area contributed by atoms with E-state index in [1.54, 1.807) is 6.92 Å². The van der Waals surface area contributed by atoms with Crippen molar-refractivity contribution < 1.29 is 23.7 Å². The Morgan fingerprint density at radius 1 is 1.45 bits per heavy atom. The number of benzene rings is 1. The topological polar surface area (TPSA) is 61.7 Å².